The Bertz CT molecular complexity index is 700. The van der Waals surface area contributed by atoms with Gasteiger partial charge < -0.3 is 20.4 Å². The van der Waals surface area contributed by atoms with E-state index in [2.05, 4.69) is 48.2 Å². The minimum absolute atomic E-state index is 0. The smallest absolute Gasteiger partial charge is 0.251 e. The monoisotopic (exact) mass is 501 g/mol. The maximum absolute atomic E-state index is 12.3. The summed E-state index contributed by atoms with van der Waals surface area (Å²) >= 11 is 0. The maximum atomic E-state index is 12.3. The van der Waals surface area contributed by atoms with Crippen LogP contribution in [0.2, 0.25) is 0 Å². The van der Waals surface area contributed by atoms with E-state index in [0.29, 0.717) is 18.7 Å². The molecule has 0 aliphatic carbocycles. The molecule has 158 valence electrons. The normalized spacial score (nSPS) is 17.6. The number of hydrogen-bond donors (Lipinski definition) is 2. The van der Waals surface area contributed by atoms with Crippen LogP contribution in [0.25, 0.3) is 0 Å². The van der Waals surface area contributed by atoms with E-state index in [4.69, 9.17) is 0 Å². The van der Waals surface area contributed by atoms with Crippen molar-refractivity contribution in [2.24, 2.45) is 10.4 Å². The number of carbonyl (C=O) groups is 1. The van der Waals surface area contributed by atoms with Crippen molar-refractivity contribution in [1.29, 1.82) is 0 Å². The molecule has 1 aromatic carbocycles. The van der Waals surface area contributed by atoms with Gasteiger partial charge in [0.25, 0.3) is 5.91 Å². The van der Waals surface area contributed by atoms with E-state index in [1.807, 2.05) is 50.3 Å². The third-order valence-electron chi connectivity index (χ3n) is 5.84. The van der Waals surface area contributed by atoms with Gasteiger partial charge in [0.1, 0.15) is 0 Å². The minimum atomic E-state index is -0.0336. The number of halogens is 1. The van der Waals surface area contributed by atoms with E-state index in [1.54, 1.807) is 0 Å². The molecule has 0 aromatic heterocycles. The van der Waals surface area contributed by atoms with Crippen molar-refractivity contribution in [3.63, 3.8) is 0 Å². The summed E-state index contributed by atoms with van der Waals surface area (Å²) < 4.78 is 0. The molecular formula is C21H36IN5O. The Kier molecular flexibility index (Phi) is 8.74. The zero-order valence-electron chi connectivity index (χ0n) is 18.3. The minimum Gasteiger partial charge on any atom is -0.352 e. The SMILES string of the molecule is CN=C(NCc1cccc(C(=O)NCCN(C)C)c1)N1CC(C)(C)C1(C)C.I. The van der Waals surface area contributed by atoms with Crippen molar-refractivity contribution in [2.75, 3.05) is 40.8 Å². The number of nitrogens with one attached hydrogen (secondary N) is 2. The predicted molar refractivity (Wildman–Crippen MR) is 128 cm³/mol. The molecule has 1 saturated heterocycles. The van der Waals surface area contributed by atoms with Crippen LogP contribution < -0.4 is 10.6 Å². The average molecular weight is 501 g/mol. The first-order valence-corrected chi connectivity index (χ1v) is 9.58. The van der Waals surface area contributed by atoms with Crippen LogP contribution in [0.15, 0.2) is 29.3 Å². The molecule has 28 heavy (non-hydrogen) atoms. The van der Waals surface area contributed by atoms with Gasteiger partial charge in [-0.25, -0.2) is 0 Å². The molecule has 0 saturated carbocycles. The van der Waals surface area contributed by atoms with Crippen LogP contribution in [0.1, 0.15) is 43.6 Å². The third kappa shape index (κ3) is 5.59. The molecular weight excluding hydrogens is 465 g/mol. The van der Waals surface area contributed by atoms with Crippen molar-refractivity contribution in [2.45, 2.75) is 39.8 Å². The quantitative estimate of drug-likeness (QED) is 0.358. The number of aliphatic imine (C=N–C) groups is 1. The van der Waals surface area contributed by atoms with Gasteiger partial charge in [-0.2, -0.15) is 0 Å². The molecule has 1 aliphatic rings. The molecule has 0 bridgehead atoms. The lowest BCUT2D eigenvalue weighted by atomic mass is 9.65. The third-order valence-corrected chi connectivity index (χ3v) is 5.84. The van der Waals surface area contributed by atoms with Crippen LogP contribution in [0.4, 0.5) is 0 Å². The summed E-state index contributed by atoms with van der Waals surface area (Å²) in [5.74, 6) is 0.869. The molecule has 1 amide bonds. The van der Waals surface area contributed by atoms with E-state index in [0.717, 1.165) is 24.6 Å². The zero-order valence-corrected chi connectivity index (χ0v) is 20.6. The van der Waals surface area contributed by atoms with Crippen LogP contribution in [0.3, 0.4) is 0 Å². The van der Waals surface area contributed by atoms with Crippen LogP contribution in [-0.4, -0.2) is 68.0 Å². The van der Waals surface area contributed by atoms with Crippen molar-refractivity contribution in [3.05, 3.63) is 35.4 Å². The molecule has 6 nitrogen and oxygen atoms in total. The molecule has 1 aromatic rings. The number of likely N-dealkylation sites (N-methyl/N-ethyl adjacent to an activating group) is 1. The number of carbonyl (C=O) groups excluding carboxylic acids is 1. The van der Waals surface area contributed by atoms with Crippen LogP contribution in [-0.2, 0) is 6.54 Å². The van der Waals surface area contributed by atoms with Crippen LogP contribution in [0, 0.1) is 5.41 Å². The number of hydrogen-bond acceptors (Lipinski definition) is 3. The first kappa shape index (κ1) is 24.7. The fourth-order valence-corrected chi connectivity index (χ4v) is 3.19. The zero-order chi connectivity index (χ0) is 20.2. The van der Waals surface area contributed by atoms with E-state index in [1.165, 1.54) is 0 Å². The largest absolute Gasteiger partial charge is 0.352 e. The fraction of sp³-hybridized carbons (Fsp3) is 0.619. The van der Waals surface area contributed by atoms with Gasteiger partial charge in [0.2, 0.25) is 0 Å². The molecule has 2 rings (SSSR count). The Labute approximate surface area is 187 Å². The second kappa shape index (κ2) is 9.91. The highest BCUT2D eigenvalue weighted by atomic mass is 127. The Hall–Kier alpha value is -1.35. The highest BCUT2D eigenvalue weighted by Gasteiger charge is 2.53. The lowest BCUT2D eigenvalue weighted by Crippen LogP contribution is -2.72. The molecule has 1 aliphatic heterocycles. The van der Waals surface area contributed by atoms with E-state index < -0.39 is 0 Å². The highest BCUT2D eigenvalue weighted by Crippen LogP contribution is 2.46. The summed E-state index contributed by atoms with van der Waals surface area (Å²) in [4.78, 5) is 21.1. The molecule has 0 radical (unpaired) electrons. The summed E-state index contributed by atoms with van der Waals surface area (Å²) in [5.41, 5.74) is 2.07. The van der Waals surface area contributed by atoms with Gasteiger partial charge in [-0.15, -0.1) is 24.0 Å². The molecule has 1 fully saturated rings. The van der Waals surface area contributed by atoms with E-state index in [9.17, 15) is 4.79 Å². The Balaban J connectivity index is 0.00000392. The summed E-state index contributed by atoms with van der Waals surface area (Å²) in [6.07, 6.45) is 0. The number of nitrogens with zero attached hydrogens (tertiary/aromatic N) is 3. The summed E-state index contributed by atoms with van der Waals surface area (Å²) in [5, 5.41) is 6.40. The van der Waals surface area contributed by atoms with Crippen LogP contribution >= 0.6 is 24.0 Å². The summed E-state index contributed by atoms with van der Waals surface area (Å²) in [6.45, 7) is 12.2. The molecule has 0 spiro atoms. The van der Waals surface area contributed by atoms with Crippen molar-refractivity contribution >= 4 is 35.8 Å². The molecule has 1 heterocycles. The van der Waals surface area contributed by atoms with Crippen molar-refractivity contribution in [3.8, 4) is 0 Å². The van der Waals surface area contributed by atoms with Gasteiger partial charge in [0.15, 0.2) is 5.96 Å². The number of likely N-dealkylation sites (tertiary alicyclic amines) is 1. The standard InChI is InChI=1S/C21H35N5O.HI/c1-20(2)15-26(21(20,3)4)19(22-5)24-14-16-9-8-10-17(13-16)18(27)23-11-12-25(6)7;/h8-10,13H,11-12,14-15H2,1-7H3,(H,22,24)(H,23,27);1H. The van der Waals surface area contributed by atoms with E-state index in [-0.39, 0.29) is 40.8 Å². The fourth-order valence-electron chi connectivity index (χ4n) is 3.19. The van der Waals surface area contributed by atoms with Crippen molar-refractivity contribution < 1.29 is 4.79 Å². The highest BCUT2D eigenvalue weighted by molar-refractivity contribution is 14.0. The lowest BCUT2D eigenvalue weighted by molar-refractivity contribution is -0.0667. The van der Waals surface area contributed by atoms with E-state index >= 15 is 0 Å². The Morgan fingerprint density at radius 2 is 1.89 bits per heavy atom. The molecule has 2 N–H and O–H groups in total. The average Bonchev–Trinajstić information content (AvgIpc) is 2.61. The number of rotatable bonds is 6. The Morgan fingerprint density at radius 1 is 1.21 bits per heavy atom. The maximum Gasteiger partial charge on any atom is 0.251 e. The molecule has 0 atom stereocenters. The van der Waals surface area contributed by atoms with Crippen molar-refractivity contribution in [1.82, 2.24) is 20.4 Å². The lowest BCUT2D eigenvalue weighted by Gasteiger charge is -2.62. The van der Waals surface area contributed by atoms with Gasteiger partial charge in [0.05, 0.1) is 0 Å². The predicted octanol–water partition coefficient (Wildman–Crippen LogP) is 2.79. The number of benzene rings is 1. The van der Waals surface area contributed by atoms with Gasteiger partial charge in [-0.3, -0.25) is 9.79 Å². The second-order valence-corrected chi connectivity index (χ2v) is 8.69. The number of amides is 1. The van der Waals surface area contributed by atoms with Gasteiger partial charge >= 0.3 is 0 Å². The first-order chi connectivity index (χ1) is 12.6. The van der Waals surface area contributed by atoms with Crippen LogP contribution in [0.5, 0.6) is 0 Å². The van der Waals surface area contributed by atoms with Gasteiger partial charge in [-0.05, 0) is 45.6 Å². The van der Waals surface area contributed by atoms with Gasteiger partial charge in [0, 0.05) is 49.7 Å². The number of guanidine groups is 1. The summed E-state index contributed by atoms with van der Waals surface area (Å²) in [6, 6.07) is 7.75. The van der Waals surface area contributed by atoms with Gasteiger partial charge in [-0.1, -0.05) is 26.0 Å². The Morgan fingerprint density at radius 3 is 2.43 bits per heavy atom. The topological polar surface area (TPSA) is 60.0 Å². The molecule has 7 heteroatoms. The first-order valence-electron chi connectivity index (χ1n) is 9.58. The molecule has 0 unspecified atom stereocenters. The summed E-state index contributed by atoms with van der Waals surface area (Å²) in [7, 11) is 5.80. The second-order valence-electron chi connectivity index (χ2n) is 8.69.